The minimum absolute atomic E-state index is 0.346. The number of carbonyl (C=O) groups is 2. The van der Waals surface area contributed by atoms with E-state index in [0.717, 1.165) is 12.8 Å². The van der Waals surface area contributed by atoms with Crippen LogP contribution in [0.4, 0.5) is 0 Å². The van der Waals surface area contributed by atoms with Gasteiger partial charge in [0.05, 0.1) is 0 Å². The Morgan fingerprint density at radius 1 is 0.655 bits per heavy atom. The van der Waals surface area contributed by atoms with Crippen LogP contribution < -0.4 is 0 Å². The number of likely N-dealkylation sites (N-methyl/N-ethyl adjacent to an activating group) is 1. The highest BCUT2D eigenvalue weighted by Gasteiger charge is 2.11. The molecule has 0 aliphatic carbocycles. The molecule has 0 radical (unpaired) electrons. The van der Waals surface area contributed by atoms with Gasteiger partial charge in [0.2, 0.25) is 0 Å². The third-order valence-electron chi connectivity index (χ3n) is 5.38. The minimum atomic E-state index is -0.782. The summed E-state index contributed by atoms with van der Waals surface area (Å²) >= 11 is 0. The lowest BCUT2D eigenvalue weighted by molar-refractivity contribution is -0.141. The fraction of sp³-hybridized carbons (Fsp3) is 0.917. The zero-order valence-corrected chi connectivity index (χ0v) is 19.8. The number of aliphatic carboxylic acids is 2. The van der Waals surface area contributed by atoms with Crippen molar-refractivity contribution in [3.05, 3.63) is 0 Å². The Balaban J connectivity index is 0. The van der Waals surface area contributed by atoms with Crippen LogP contribution in [0, 0.1) is 0 Å². The standard InChI is InChI=1S/C19H38O2.C5H11NO2/c1-2-3-4-5-6-7-8-9-10-11-12-13-14-15-16-17-18-19(20)21;1-4(5(7)8)6(2)3/h2-18H2,1H3,(H,20,21);4H,1-3H3,(H,7,8). The van der Waals surface area contributed by atoms with Gasteiger partial charge in [0.1, 0.15) is 6.04 Å². The molecule has 0 aromatic carbocycles. The highest BCUT2D eigenvalue weighted by Crippen LogP contribution is 2.13. The molecular weight excluding hydrogens is 366 g/mol. The molecule has 2 N–H and O–H groups in total. The summed E-state index contributed by atoms with van der Waals surface area (Å²) in [7, 11) is 3.47. The number of carboxylic acid groups (broad SMARTS) is 2. The second kappa shape index (κ2) is 23.2. The van der Waals surface area contributed by atoms with Gasteiger partial charge in [-0.3, -0.25) is 14.5 Å². The normalized spacial score (nSPS) is 11.8. The van der Waals surface area contributed by atoms with Crippen LogP contribution in [0.1, 0.15) is 123 Å². The van der Waals surface area contributed by atoms with Gasteiger partial charge in [-0.25, -0.2) is 0 Å². The van der Waals surface area contributed by atoms with E-state index in [9.17, 15) is 9.59 Å². The molecule has 0 aliphatic rings. The van der Waals surface area contributed by atoms with E-state index in [1.54, 1.807) is 25.9 Å². The summed E-state index contributed by atoms with van der Waals surface area (Å²) in [6, 6.07) is -0.380. The molecule has 0 aliphatic heterocycles. The number of hydrogen-bond acceptors (Lipinski definition) is 3. The summed E-state index contributed by atoms with van der Waals surface area (Å²) < 4.78 is 0. The number of hydrogen-bond donors (Lipinski definition) is 2. The van der Waals surface area contributed by atoms with Gasteiger partial charge in [0, 0.05) is 6.42 Å². The Morgan fingerprint density at radius 2 is 0.966 bits per heavy atom. The van der Waals surface area contributed by atoms with Crippen molar-refractivity contribution in [2.24, 2.45) is 0 Å². The van der Waals surface area contributed by atoms with E-state index in [1.165, 1.54) is 89.9 Å². The van der Waals surface area contributed by atoms with Crippen LogP contribution in [-0.2, 0) is 9.59 Å². The van der Waals surface area contributed by atoms with Crippen LogP contribution in [0.3, 0.4) is 0 Å². The molecule has 0 spiro atoms. The zero-order valence-electron chi connectivity index (χ0n) is 19.8. The summed E-state index contributed by atoms with van der Waals surface area (Å²) in [6.07, 6.45) is 21.7. The highest BCUT2D eigenvalue weighted by molar-refractivity contribution is 5.72. The average Bonchev–Trinajstić information content (AvgIpc) is 2.67. The lowest BCUT2D eigenvalue weighted by Crippen LogP contribution is -2.32. The number of carboxylic acids is 2. The van der Waals surface area contributed by atoms with Crippen LogP contribution in [-0.4, -0.2) is 47.2 Å². The molecule has 0 aromatic heterocycles. The monoisotopic (exact) mass is 415 g/mol. The average molecular weight is 416 g/mol. The quantitative estimate of drug-likeness (QED) is 0.228. The first-order valence-corrected chi connectivity index (χ1v) is 11.9. The molecule has 0 fully saturated rings. The molecule has 0 aromatic rings. The summed E-state index contributed by atoms with van der Waals surface area (Å²) in [6.45, 7) is 3.92. The predicted octanol–water partition coefficient (Wildman–Crippen LogP) is 6.74. The third kappa shape index (κ3) is 26.9. The SMILES string of the molecule is CC(C(=O)O)N(C)C.CCCCCCCCCCCCCCCCCCC(=O)O. The fourth-order valence-corrected chi connectivity index (χ4v) is 3.05. The van der Waals surface area contributed by atoms with Crippen molar-refractivity contribution in [1.82, 2.24) is 4.90 Å². The first kappa shape index (κ1) is 30.1. The van der Waals surface area contributed by atoms with E-state index >= 15 is 0 Å². The van der Waals surface area contributed by atoms with Crippen molar-refractivity contribution in [3.63, 3.8) is 0 Å². The second-order valence-electron chi connectivity index (χ2n) is 8.42. The van der Waals surface area contributed by atoms with Crippen molar-refractivity contribution >= 4 is 11.9 Å². The molecule has 0 amide bonds. The fourth-order valence-electron chi connectivity index (χ4n) is 3.05. The molecule has 174 valence electrons. The van der Waals surface area contributed by atoms with Gasteiger partial charge in [-0.1, -0.05) is 103 Å². The molecule has 0 saturated carbocycles. The Labute approximate surface area is 180 Å². The molecular formula is C24H49NO4. The van der Waals surface area contributed by atoms with Crippen molar-refractivity contribution in [2.45, 2.75) is 129 Å². The van der Waals surface area contributed by atoms with Gasteiger partial charge < -0.3 is 10.2 Å². The lowest BCUT2D eigenvalue weighted by atomic mass is 10.0. The number of rotatable bonds is 19. The van der Waals surface area contributed by atoms with Crippen LogP contribution in [0.2, 0.25) is 0 Å². The van der Waals surface area contributed by atoms with Gasteiger partial charge >= 0.3 is 11.9 Å². The maximum Gasteiger partial charge on any atom is 0.320 e. The molecule has 5 heteroatoms. The van der Waals surface area contributed by atoms with Gasteiger partial charge in [0.25, 0.3) is 0 Å². The van der Waals surface area contributed by atoms with Crippen LogP contribution >= 0.6 is 0 Å². The molecule has 0 rings (SSSR count). The summed E-state index contributed by atoms with van der Waals surface area (Å²) in [4.78, 5) is 22.1. The van der Waals surface area contributed by atoms with E-state index in [4.69, 9.17) is 10.2 Å². The van der Waals surface area contributed by atoms with E-state index in [0.29, 0.717) is 6.42 Å². The van der Waals surface area contributed by atoms with Gasteiger partial charge in [0.15, 0.2) is 0 Å². The van der Waals surface area contributed by atoms with Gasteiger partial charge in [-0.2, -0.15) is 0 Å². The van der Waals surface area contributed by atoms with E-state index in [2.05, 4.69) is 6.92 Å². The Hall–Kier alpha value is -1.10. The van der Waals surface area contributed by atoms with Crippen molar-refractivity contribution in [1.29, 1.82) is 0 Å². The number of unbranched alkanes of at least 4 members (excludes halogenated alkanes) is 15. The molecule has 1 atom stereocenters. The molecule has 1 unspecified atom stereocenters. The second-order valence-corrected chi connectivity index (χ2v) is 8.42. The third-order valence-corrected chi connectivity index (χ3v) is 5.38. The molecule has 0 bridgehead atoms. The Kier molecular flexibility index (Phi) is 24.1. The van der Waals surface area contributed by atoms with E-state index in [-0.39, 0.29) is 6.04 Å². The van der Waals surface area contributed by atoms with Crippen molar-refractivity contribution in [3.8, 4) is 0 Å². The van der Waals surface area contributed by atoms with Gasteiger partial charge in [-0.15, -0.1) is 0 Å². The highest BCUT2D eigenvalue weighted by atomic mass is 16.4. The van der Waals surface area contributed by atoms with E-state index in [1.807, 2.05) is 0 Å². The zero-order chi connectivity index (χ0) is 22.3. The smallest absolute Gasteiger partial charge is 0.320 e. The topological polar surface area (TPSA) is 77.8 Å². The summed E-state index contributed by atoms with van der Waals surface area (Å²) in [5, 5.41) is 16.8. The molecule has 5 nitrogen and oxygen atoms in total. The summed E-state index contributed by atoms with van der Waals surface area (Å²) in [5.41, 5.74) is 0. The minimum Gasteiger partial charge on any atom is -0.481 e. The maximum atomic E-state index is 10.3. The van der Waals surface area contributed by atoms with Crippen molar-refractivity contribution in [2.75, 3.05) is 14.1 Å². The first-order chi connectivity index (χ1) is 13.8. The van der Waals surface area contributed by atoms with Crippen LogP contribution in [0.5, 0.6) is 0 Å². The lowest BCUT2D eigenvalue weighted by Gasteiger charge is -2.13. The predicted molar refractivity (Wildman–Crippen MR) is 123 cm³/mol. The molecule has 0 saturated heterocycles. The van der Waals surface area contributed by atoms with Crippen LogP contribution in [0.15, 0.2) is 0 Å². The summed E-state index contributed by atoms with van der Waals surface area (Å²) in [5.74, 6) is -1.43. The first-order valence-electron chi connectivity index (χ1n) is 11.9. The van der Waals surface area contributed by atoms with Crippen molar-refractivity contribution < 1.29 is 19.8 Å². The Bertz CT molecular complexity index is 372. The molecule has 29 heavy (non-hydrogen) atoms. The molecule has 0 heterocycles. The van der Waals surface area contributed by atoms with E-state index < -0.39 is 11.9 Å². The largest absolute Gasteiger partial charge is 0.481 e. The van der Waals surface area contributed by atoms with Gasteiger partial charge in [-0.05, 0) is 27.4 Å². The Morgan fingerprint density at radius 3 is 1.17 bits per heavy atom. The maximum absolute atomic E-state index is 10.3. The van der Waals surface area contributed by atoms with Crippen LogP contribution in [0.25, 0.3) is 0 Å². The number of nitrogens with zero attached hydrogens (tertiary/aromatic N) is 1.